The molecule has 1 aromatic heterocycles. The van der Waals surface area contributed by atoms with Gasteiger partial charge in [-0.15, -0.1) is 16.8 Å². The van der Waals surface area contributed by atoms with E-state index in [2.05, 4.69) is 22.1 Å². The largest absolute Gasteiger partial charge is 0.324 e. The van der Waals surface area contributed by atoms with Crippen molar-refractivity contribution >= 4 is 46.6 Å². The molecular formula is C20H17Cl2FN4OS. The third kappa shape index (κ3) is 5.38. The lowest BCUT2D eigenvalue weighted by Gasteiger charge is -2.09. The van der Waals surface area contributed by atoms with Crippen LogP contribution in [-0.2, 0) is 11.3 Å². The molecule has 1 heterocycles. The Hall–Kier alpha value is -2.35. The van der Waals surface area contributed by atoms with Crippen LogP contribution in [0.25, 0.3) is 11.4 Å². The van der Waals surface area contributed by atoms with Crippen molar-refractivity contribution in [1.82, 2.24) is 14.8 Å². The van der Waals surface area contributed by atoms with Crippen LogP contribution >= 0.6 is 35.0 Å². The maximum Gasteiger partial charge on any atom is 0.225 e. The van der Waals surface area contributed by atoms with Crippen LogP contribution in [-0.4, -0.2) is 26.4 Å². The average molecular weight is 451 g/mol. The molecule has 9 heteroatoms. The Morgan fingerprint density at radius 2 is 1.86 bits per heavy atom. The number of nitrogens with one attached hydrogen (secondary N) is 1. The van der Waals surface area contributed by atoms with Gasteiger partial charge >= 0.3 is 0 Å². The monoisotopic (exact) mass is 450 g/mol. The zero-order chi connectivity index (χ0) is 20.8. The zero-order valence-electron chi connectivity index (χ0n) is 15.2. The Balaban J connectivity index is 1.65. The second kappa shape index (κ2) is 9.91. The lowest BCUT2D eigenvalue weighted by Crippen LogP contribution is -2.13. The van der Waals surface area contributed by atoms with E-state index in [1.807, 2.05) is 4.57 Å². The standard InChI is InChI=1S/C20H17Cl2FN4OS/c1-2-11-27-19(13-6-8-14(23)9-7-13)25-26-20(27)29-12-10-17(28)24-18-15(21)4-3-5-16(18)22/h2-9H,1,10-12H2,(H,24,28). The van der Waals surface area contributed by atoms with Gasteiger partial charge in [-0.3, -0.25) is 9.36 Å². The third-order valence-electron chi connectivity index (χ3n) is 3.92. The molecule has 0 unspecified atom stereocenters. The predicted octanol–water partition coefficient (Wildman–Crippen LogP) is 5.70. The Labute approximate surface area is 181 Å². The number of thioether (sulfide) groups is 1. The van der Waals surface area contributed by atoms with E-state index < -0.39 is 0 Å². The summed E-state index contributed by atoms with van der Waals surface area (Å²) in [6.07, 6.45) is 1.96. The molecule has 29 heavy (non-hydrogen) atoms. The van der Waals surface area contributed by atoms with Gasteiger partial charge in [0.1, 0.15) is 5.82 Å². The highest BCUT2D eigenvalue weighted by atomic mass is 35.5. The number of rotatable bonds is 8. The molecule has 0 saturated heterocycles. The van der Waals surface area contributed by atoms with Gasteiger partial charge in [-0.25, -0.2) is 4.39 Å². The fourth-order valence-electron chi connectivity index (χ4n) is 2.56. The highest BCUT2D eigenvalue weighted by molar-refractivity contribution is 7.99. The summed E-state index contributed by atoms with van der Waals surface area (Å²) in [5.74, 6) is 0.565. The van der Waals surface area contributed by atoms with E-state index in [4.69, 9.17) is 23.2 Å². The van der Waals surface area contributed by atoms with Gasteiger partial charge in [-0.2, -0.15) is 0 Å². The van der Waals surface area contributed by atoms with Gasteiger partial charge in [0.15, 0.2) is 11.0 Å². The van der Waals surface area contributed by atoms with Crippen molar-refractivity contribution in [3.05, 3.63) is 71.0 Å². The van der Waals surface area contributed by atoms with Crippen LogP contribution in [0.1, 0.15) is 6.42 Å². The first-order valence-electron chi connectivity index (χ1n) is 8.66. The number of halogens is 3. The van der Waals surface area contributed by atoms with Gasteiger partial charge < -0.3 is 5.32 Å². The van der Waals surface area contributed by atoms with Crippen LogP contribution in [0.4, 0.5) is 10.1 Å². The van der Waals surface area contributed by atoms with Crippen LogP contribution in [0.15, 0.2) is 60.3 Å². The summed E-state index contributed by atoms with van der Waals surface area (Å²) in [6, 6.07) is 11.1. The van der Waals surface area contributed by atoms with E-state index in [9.17, 15) is 9.18 Å². The SMILES string of the molecule is C=CCn1c(SCCC(=O)Nc2c(Cl)cccc2Cl)nnc1-c1ccc(F)cc1. The highest BCUT2D eigenvalue weighted by Gasteiger charge is 2.15. The number of hydrogen-bond donors (Lipinski definition) is 1. The van der Waals surface area contributed by atoms with Gasteiger partial charge in [-0.05, 0) is 36.4 Å². The van der Waals surface area contributed by atoms with E-state index in [-0.39, 0.29) is 18.1 Å². The van der Waals surface area contributed by atoms with Gasteiger partial charge in [-0.1, -0.05) is 47.1 Å². The third-order valence-corrected chi connectivity index (χ3v) is 5.52. The number of hydrogen-bond acceptors (Lipinski definition) is 4. The first-order valence-corrected chi connectivity index (χ1v) is 10.4. The van der Waals surface area contributed by atoms with Crippen LogP contribution in [0, 0.1) is 5.82 Å². The first-order chi connectivity index (χ1) is 14.0. The molecule has 3 aromatic rings. The average Bonchev–Trinajstić information content (AvgIpc) is 3.08. The Morgan fingerprint density at radius 1 is 1.17 bits per heavy atom. The summed E-state index contributed by atoms with van der Waals surface area (Å²) in [6.45, 7) is 4.25. The number of benzene rings is 2. The molecule has 0 atom stereocenters. The van der Waals surface area contributed by atoms with E-state index >= 15 is 0 Å². The molecule has 0 aliphatic rings. The van der Waals surface area contributed by atoms with E-state index in [0.29, 0.717) is 39.0 Å². The second-order valence-electron chi connectivity index (χ2n) is 5.96. The fourth-order valence-corrected chi connectivity index (χ4v) is 3.93. The topological polar surface area (TPSA) is 59.8 Å². The highest BCUT2D eigenvalue weighted by Crippen LogP contribution is 2.30. The van der Waals surface area contributed by atoms with Crippen molar-refractivity contribution in [1.29, 1.82) is 0 Å². The van der Waals surface area contributed by atoms with Crippen molar-refractivity contribution in [2.45, 2.75) is 18.1 Å². The van der Waals surface area contributed by atoms with Crippen LogP contribution in [0.5, 0.6) is 0 Å². The van der Waals surface area contributed by atoms with Crippen molar-refractivity contribution in [2.75, 3.05) is 11.1 Å². The molecule has 0 radical (unpaired) electrons. The number of carbonyl (C=O) groups is 1. The first kappa shape index (κ1) is 21.4. The fraction of sp³-hybridized carbons (Fsp3) is 0.150. The predicted molar refractivity (Wildman–Crippen MR) is 116 cm³/mol. The van der Waals surface area contributed by atoms with Crippen molar-refractivity contribution in [3.63, 3.8) is 0 Å². The van der Waals surface area contributed by atoms with E-state index in [1.54, 1.807) is 36.4 Å². The smallest absolute Gasteiger partial charge is 0.225 e. The van der Waals surface area contributed by atoms with Crippen LogP contribution in [0.3, 0.4) is 0 Å². The summed E-state index contributed by atoms with van der Waals surface area (Å²) < 4.78 is 15.1. The molecule has 0 bridgehead atoms. The Bertz CT molecular complexity index is 1000. The number of anilines is 1. The van der Waals surface area contributed by atoms with Gasteiger partial charge in [0.2, 0.25) is 5.91 Å². The molecule has 0 fully saturated rings. The minimum absolute atomic E-state index is 0.207. The Kier molecular flexibility index (Phi) is 7.30. The zero-order valence-corrected chi connectivity index (χ0v) is 17.6. The molecule has 5 nitrogen and oxygen atoms in total. The van der Waals surface area contributed by atoms with Crippen LogP contribution < -0.4 is 5.32 Å². The molecule has 2 aromatic carbocycles. The number of carbonyl (C=O) groups excluding carboxylic acids is 1. The lowest BCUT2D eigenvalue weighted by atomic mass is 10.2. The summed E-state index contributed by atoms with van der Waals surface area (Å²) >= 11 is 13.5. The minimum Gasteiger partial charge on any atom is -0.324 e. The van der Waals surface area contributed by atoms with Gasteiger partial charge in [0, 0.05) is 24.3 Å². The summed E-state index contributed by atoms with van der Waals surface area (Å²) in [5, 5.41) is 12.6. The van der Waals surface area contributed by atoms with Crippen molar-refractivity contribution < 1.29 is 9.18 Å². The molecule has 0 aliphatic heterocycles. The van der Waals surface area contributed by atoms with Crippen LogP contribution in [0.2, 0.25) is 10.0 Å². The quantitative estimate of drug-likeness (QED) is 0.353. The van der Waals surface area contributed by atoms with E-state index in [0.717, 1.165) is 5.56 Å². The maximum absolute atomic E-state index is 13.2. The summed E-state index contributed by atoms with van der Waals surface area (Å²) in [7, 11) is 0. The van der Waals surface area contributed by atoms with Gasteiger partial charge in [0.25, 0.3) is 0 Å². The van der Waals surface area contributed by atoms with E-state index in [1.165, 1.54) is 23.9 Å². The molecule has 1 N–H and O–H groups in total. The number of amides is 1. The van der Waals surface area contributed by atoms with Gasteiger partial charge in [0.05, 0.1) is 15.7 Å². The Morgan fingerprint density at radius 3 is 2.52 bits per heavy atom. The molecule has 1 amide bonds. The molecular weight excluding hydrogens is 434 g/mol. The lowest BCUT2D eigenvalue weighted by molar-refractivity contribution is -0.115. The summed E-state index contributed by atoms with van der Waals surface area (Å²) in [5.41, 5.74) is 1.15. The second-order valence-corrected chi connectivity index (χ2v) is 7.83. The minimum atomic E-state index is -0.317. The molecule has 3 rings (SSSR count). The van der Waals surface area contributed by atoms with Crippen molar-refractivity contribution in [3.8, 4) is 11.4 Å². The number of aromatic nitrogens is 3. The summed E-state index contributed by atoms with van der Waals surface area (Å²) in [4.78, 5) is 12.2. The van der Waals surface area contributed by atoms with Crippen molar-refractivity contribution in [2.24, 2.45) is 0 Å². The number of para-hydroxylation sites is 1. The number of nitrogens with zero attached hydrogens (tertiary/aromatic N) is 3. The molecule has 0 saturated carbocycles. The molecule has 0 aliphatic carbocycles. The maximum atomic E-state index is 13.2. The number of allylic oxidation sites excluding steroid dienone is 1. The molecule has 150 valence electrons. The normalized spacial score (nSPS) is 10.7. The molecule has 0 spiro atoms.